The van der Waals surface area contributed by atoms with Gasteiger partial charge in [0, 0.05) is 6.42 Å². The van der Waals surface area contributed by atoms with Gasteiger partial charge < -0.3 is 25.2 Å². The molecule has 0 radical (unpaired) electrons. The second-order valence-corrected chi connectivity index (χ2v) is 4.14. The molecular formula is C12H20O5. The van der Waals surface area contributed by atoms with E-state index in [2.05, 4.69) is 6.58 Å². The zero-order valence-corrected chi connectivity index (χ0v) is 9.86. The number of allylic oxidation sites excluding steroid dienone is 2. The molecule has 0 amide bonds. The third-order valence-corrected chi connectivity index (χ3v) is 3.06. The quantitative estimate of drug-likeness (QED) is 0.493. The molecule has 0 aliphatic carbocycles. The number of aliphatic hydroxyl groups excluding tert-OH is 4. The van der Waals surface area contributed by atoms with Gasteiger partial charge in [-0.05, 0) is 6.92 Å². The fourth-order valence-electron chi connectivity index (χ4n) is 1.90. The van der Waals surface area contributed by atoms with E-state index < -0.39 is 37.1 Å². The van der Waals surface area contributed by atoms with Crippen LogP contribution in [0.1, 0.15) is 13.3 Å². The lowest BCUT2D eigenvalue weighted by Gasteiger charge is -2.40. The molecule has 1 aliphatic heterocycles. The Morgan fingerprint density at radius 2 is 1.76 bits per heavy atom. The topological polar surface area (TPSA) is 90.2 Å². The van der Waals surface area contributed by atoms with E-state index in [-0.39, 0.29) is 0 Å². The van der Waals surface area contributed by atoms with Crippen molar-refractivity contribution in [3.8, 4) is 0 Å². The molecule has 1 fully saturated rings. The highest BCUT2D eigenvalue weighted by Crippen LogP contribution is 2.25. The van der Waals surface area contributed by atoms with Crippen LogP contribution in [0.15, 0.2) is 24.3 Å². The standard InChI is InChI=1S/C12H20O5/c1-3-7(4-2)5-8-10(14)12(16)11(15)9(6-13)17-8/h3-4,8-16H,1,5-6H2,2H3/b7-4+/t8-,9+,10-,11+,12+/m0/s1. The molecule has 1 rings (SSSR count). The molecule has 4 N–H and O–H groups in total. The van der Waals surface area contributed by atoms with E-state index in [1.165, 1.54) is 0 Å². The fourth-order valence-corrected chi connectivity index (χ4v) is 1.90. The molecule has 0 bridgehead atoms. The highest BCUT2D eigenvalue weighted by Gasteiger charge is 2.43. The lowest BCUT2D eigenvalue weighted by molar-refractivity contribution is -0.228. The fraction of sp³-hybridized carbons (Fsp3) is 0.667. The summed E-state index contributed by atoms with van der Waals surface area (Å²) in [5, 5.41) is 38.0. The van der Waals surface area contributed by atoms with E-state index in [1.54, 1.807) is 6.08 Å². The number of hydrogen-bond donors (Lipinski definition) is 4. The average Bonchev–Trinajstić information content (AvgIpc) is 2.35. The maximum Gasteiger partial charge on any atom is 0.111 e. The van der Waals surface area contributed by atoms with Crippen molar-refractivity contribution >= 4 is 0 Å². The first-order valence-corrected chi connectivity index (χ1v) is 5.63. The maximum absolute atomic E-state index is 9.78. The van der Waals surface area contributed by atoms with Crippen molar-refractivity contribution < 1.29 is 25.2 Å². The van der Waals surface area contributed by atoms with Crippen molar-refractivity contribution in [1.29, 1.82) is 0 Å². The molecule has 5 nitrogen and oxygen atoms in total. The van der Waals surface area contributed by atoms with E-state index in [4.69, 9.17) is 9.84 Å². The highest BCUT2D eigenvalue weighted by atomic mass is 16.5. The summed E-state index contributed by atoms with van der Waals surface area (Å²) in [7, 11) is 0. The average molecular weight is 244 g/mol. The third kappa shape index (κ3) is 3.14. The van der Waals surface area contributed by atoms with Gasteiger partial charge in [0.1, 0.15) is 24.4 Å². The second kappa shape index (κ2) is 6.28. The van der Waals surface area contributed by atoms with Gasteiger partial charge in [-0.25, -0.2) is 0 Å². The zero-order valence-electron chi connectivity index (χ0n) is 9.86. The molecule has 0 saturated carbocycles. The minimum absolute atomic E-state index is 0.376. The van der Waals surface area contributed by atoms with E-state index in [0.717, 1.165) is 5.57 Å². The molecule has 5 heteroatoms. The lowest BCUT2D eigenvalue weighted by Crippen LogP contribution is -2.58. The van der Waals surface area contributed by atoms with E-state index >= 15 is 0 Å². The van der Waals surface area contributed by atoms with Gasteiger partial charge in [0.2, 0.25) is 0 Å². The second-order valence-electron chi connectivity index (χ2n) is 4.14. The molecule has 0 aromatic rings. The molecule has 0 aromatic heterocycles. The molecule has 98 valence electrons. The van der Waals surface area contributed by atoms with Crippen molar-refractivity contribution in [3.05, 3.63) is 24.3 Å². The zero-order chi connectivity index (χ0) is 13.0. The maximum atomic E-state index is 9.78. The molecule has 5 atom stereocenters. The Balaban J connectivity index is 2.75. The summed E-state index contributed by atoms with van der Waals surface area (Å²) in [4.78, 5) is 0. The third-order valence-electron chi connectivity index (χ3n) is 3.06. The monoisotopic (exact) mass is 244 g/mol. The van der Waals surface area contributed by atoms with Crippen LogP contribution in [0.5, 0.6) is 0 Å². The van der Waals surface area contributed by atoms with Crippen molar-refractivity contribution in [2.45, 2.75) is 43.9 Å². The molecule has 1 heterocycles. The van der Waals surface area contributed by atoms with Gasteiger partial charge in [-0.1, -0.05) is 24.3 Å². The lowest BCUT2D eigenvalue weighted by atomic mass is 9.91. The Hall–Kier alpha value is -0.720. The summed E-state index contributed by atoms with van der Waals surface area (Å²) in [5.41, 5.74) is 0.870. The molecule has 0 spiro atoms. The summed E-state index contributed by atoms with van der Waals surface area (Å²) in [6, 6.07) is 0. The van der Waals surface area contributed by atoms with Crippen LogP contribution in [0.25, 0.3) is 0 Å². The Bertz CT molecular complexity index is 287. The SMILES string of the molecule is C=C/C(=C\C)C[C@@H]1O[C@H](CO)[C@@H](O)[C@H](O)[C@H]1O. The van der Waals surface area contributed by atoms with E-state index in [1.807, 2.05) is 13.0 Å². The molecule has 1 aliphatic rings. The first kappa shape index (κ1) is 14.3. The Labute approximate surface area is 101 Å². The molecule has 0 unspecified atom stereocenters. The first-order valence-electron chi connectivity index (χ1n) is 5.63. The van der Waals surface area contributed by atoms with Gasteiger partial charge in [0.05, 0.1) is 12.7 Å². The van der Waals surface area contributed by atoms with Crippen LogP contribution in [-0.2, 0) is 4.74 Å². The Kier molecular flexibility index (Phi) is 5.30. The van der Waals surface area contributed by atoms with Crippen molar-refractivity contribution in [1.82, 2.24) is 0 Å². The molecular weight excluding hydrogens is 224 g/mol. The predicted molar refractivity (Wildman–Crippen MR) is 62.3 cm³/mol. The summed E-state index contributed by atoms with van der Waals surface area (Å²) >= 11 is 0. The van der Waals surface area contributed by atoms with Crippen molar-refractivity contribution in [2.24, 2.45) is 0 Å². The number of hydrogen-bond acceptors (Lipinski definition) is 5. The van der Waals surface area contributed by atoms with Crippen molar-refractivity contribution in [3.63, 3.8) is 0 Å². The normalized spacial score (nSPS) is 39.1. The molecule has 17 heavy (non-hydrogen) atoms. The van der Waals surface area contributed by atoms with Crippen LogP contribution in [0.2, 0.25) is 0 Å². The largest absolute Gasteiger partial charge is 0.394 e. The van der Waals surface area contributed by atoms with Gasteiger partial charge in [0.15, 0.2) is 0 Å². The van der Waals surface area contributed by atoms with Crippen LogP contribution in [0.4, 0.5) is 0 Å². The summed E-state index contributed by atoms with van der Waals surface area (Å²) in [5.74, 6) is 0. The minimum atomic E-state index is -1.31. The number of rotatable bonds is 4. The van der Waals surface area contributed by atoms with Gasteiger partial charge >= 0.3 is 0 Å². The van der Waals surface area contributed by atoms with Gasteiger partial charge in [-0.3, -0.25) is 0 Å². The van der Waals surface area contributed by atoms with Gasteiger partial charge in [0.25, 0.3) is 0 Å². The van der Waals surface area contributed by atoms with Gasteiger partial charge in [-0.15, -0.1) is 0 Å². The van der Waals surface area contributed by atoms with Crippen LogP contribution < -0.4 is 0 Å². The van der Waals surface area contributed by atoms with Crippen molar-refractivity contribution in [2.75, 3.05) is 6.61 Å². The number of aliphatic hydroxyl groups is 4. The number of ether oxygens (including phenoxy) is 1. The van der Waals surface area contributed by atoms with Crippen LogP contribution in [-0.4, -0.2) is 57.6 Å². The predicted octanol–water partition coefficient (Wildman–Crippen LogP) is -0.649. The van der Waals surface area contributed by atoms with Crippen LogP contribution in [0.3, 0.4) is 0 Å². The molecule has 0 aromatic carbocycles. The summed E-state index contributed by atoms with van der Waals surface area (Å²) in [6.45, 7) is 5.06. The summed E-state index contributed by atoms with van der Waals surface area (Å²) < 4.78 is 5.37. The van der Waals surface area contributed by atoms with E-state index in [9.17, 15) is 15.3 Å². The van der Waals surface area contributed by atoms with Crippen LogP contribution >= 0.6 is 0 Å². The van der Waals surface area contributed by atoms with Gasteiger partial charge in [-0.2, -0.15) is 0 Å². The van der Waals surface area contributed by atoms with E-state index in [0.29, 0.717) is 6.42 Å². The minimum Gasteiger partial charge on any atom is -0.394 e. The Morgan fingerprint density at radius 3 is 2.24 bits per heavy atom. The molecule has 1 saturated heterocycles. The Morgan fingerprint density at radius 1 is 1.18 bits per heavy atom. The van der Waals surface area contributed by atoms with Crippen LogP contribution in [0, 0.1) is 0 Å². The highest BCUT2D eigenvalue weighted by molar-refractivity contribution is 5.17. The smallest absolute Gasteiger partial charge is 0.111 e. The first-order chi connectivity index (χ1) is 8.04. The summed E-state index contributed by atoms with van der Waals surface area (Å²) in [6.07, 6.45) is -1.45.